The maximum atomic E-state index is 11.9. The van der Waals surface area contributed by atoms with Crippen LogP contribution in [0.3, 0.4) is 0 Å². The van der Waals surface area contributed by atoms with Gasteiger partial charge in [0.2, 0.25) is 0 Å². The van der Waals surface area contributed by atoms with Gasteiger partial charge in [-0.1, -0.05) is 0 Å². The van der Waals surface area contributed by atoms with Crippen LogP contribution in [0.2, 0.25) is 0 Å². The normalized spacial score (nSPS) is 10.5. The highest BCUT2D eigenvalue weighted by Crippen LogP contribution is 2.32. The first kappa shape index (κ1) is 18.4. The van der Waals surface area contributed by atoms with Crippen molar-refractivity contribution in [2.24, 2.45) is 0 Å². The van der Waals surface area contributed by atoms with Gasteiger partial charge in [-0.3, -0.25) is 4.68 Å². The van der Waals surface area contributed by atoms with E-state index in [1.54, 1.807) is 0 Å². The summed E-state index contributed by atoms with van der Waals surface area (Å²) in [6, 6.07) is 1.98. The average Bonchev–Trinajstić information content (AvgIpc) is 3.07. The number of esters is 1. The Balaban J connectivity index is 1.86. The summed E-state index contributed by atoms with van der Waals surface area (Å²) in [5.74, 6) is -0.351. The number of rotatable bonds is 6. The number of aromatic nitrogens is 2. The molecule has 0 amide bonds. The molecule has 2 aromatic rings. The van der Waals surface area contributed by atoms with E-state index in [9.17, 15) is 4.79 Å². The quantitative estimate of drug-likeness (QED) is 0.465. The van der Waals surface area contributed by atoms with Gasteiger partial charge in [-0.05, 0) is 51.0 Å². The molecular formula is C16H22N4O2S2. The lowest BCUT2D eigenvalue weighted by Gasteiger charge is -2.10. The summed E-state index contributed by atoms with van der Waals surface area (Å²) in [4.78, 5) is 13.0. The van der Waals surface area contributed by atoms with E-state index in [2.05, 4.69) is 15.7 Å². The van der Waals surface area contributed by atoms with E-state index >= 15 is 0 Å². The van der Waals surface area contributed by atoms with E-state index < -0.39 is 0 Å². The van der Waals surface area contributed by atoms with Crippen LogP contribution >= 0.6 is 23.6 Å². The number of aryl methyl sites for hydroxylation is 3. The maximum Gasteiger partial charge on any atom is 0.341 e. The number of anilines is 1. The highest BCUT2D eigenvalue weighted by molar-refractivity contribution is 7.80. The van der Waals surface area contributed by atoms with Crippen molar-refractivity contribution in [1.29, 1.82) is 0 Å². The van der Waals surface area contributed by atoms with Crippen LogP contribution in [-0.4, -0.2) is 34.5 Å². The van der Waals surface area contributed by atoms with Crippen molar-refractivity contribution in [2.45, 2.75) is 33.7 Å². The predicted octanol–water partition coefficient (Wildman–Crippen LogP) is 3.03. The Morgan fingerprint density at radius 3 is 2.79 bits per heavy atom. The lowest BCUT2D eigenvalue weighted by atomic mass is 10.1. The molecule has 2 rings (SSSR count). The minimum atomic E-state index is -0.351. The molecule has 0 radical (unpaired) electrons. The molecule has 0 bridgehead atoms. The summed E-state index contributed by atoms with van der Waals surface area (Å²) in [6.45, 7) is 7.40. The number of hydrogen-bond acceptors (Lipinski definition) is 5. The van der Waals surface area contributed by atoms with Crippen LogP contribution in [0.5, 0.6) is 0 Å². The summed E-state index contributed by atoms with van der Waals surface area (Å²) in [5, 5.41) is 11.8. The summed E-state index contributed by atoms with van der Waals surface area (Å²) in [6.07, 6.45) is 2.86. The van der Waals surface area contributed by atoms with E-state index in [-0.39, 0.29) is 5.97 Å². The number of carbonyl (C=O) groups excluding carboxylic acids is 1. The van der Waals surface area contributed by atoms with Crippen LogP contribution in [0.25, 0.3) is 0 Å². The molecule has 8 heteroatoms. The van der Waals surface area contributed by atoms with Crippen molar-refractivity contribution in [3.63, 3.8) is 0 Å². The Kier molecular flexibility index (Phi) is 6.33. The number of hydrogen-bond donors (Lipinski definition) is 2. The van der Waals surface area contributed by atoms with Gasteiger partial charge in [0.15, 0.2) is 5.11 Å². The molecular weight excluding hydrogens is 344 g/mol. The van der Waals surface area contributed by atoms with Crippen molar-refractivity contribution in [3.8, 4) is 0 Å². The van der Waals surface area contributed by atoms with Gasteiger partial charge in [-0.2, -0.15) is 5.10 Å². The fraction of sp³-hybridized carbons (Fsp3) is 0.438. The lowest BCUT2D eigenvalue weighted by molar-refractivity contribution is 0.0601. The molecule has 0 aliphatic rings. The van der Waals surface area contributed by atoms with Gasteiger partial charge in [-0.25, -0.2) is 4.79 Å². The molecule has 6 nitrogen and oxygen atoms in total. The highest BCUT2D eigenvalue weighted by Gasteiger charge is 2.20. The number of nitrogens with zero attached hydrogens (tertiary/aromatic N) is 2. The topological polar surface area (TPSA) is 68.2 Å². The first-order valence-electron chi connectivity index (χ1n) is 7.65. The molecule has 130 valence electrons. The SMILES string of the molecule is COC(=O)c1c(NC(=S)NCCCn2ccc(C)n2)sc(C)c1C. The molecule has 2 aromatic heterocycles. The highest BCUT2D eigenvalue weighted by atomic mass is 32.1. The number of nitrogens with one attached hydrogen (secondary N) is 2. The smallest absolute Gasteiger partial charge is 0.341 e. The van der Waals surface area contributed by atoms with Crippen LogP contribution < -0.4 is 10.6 Å². The lowest BCUT2D eigenvalue weighted by Crippen LogP contribution is -2.30. The van der Waals surface area contributed by atoms with Crippen LogP contribution in [0.4, 0.5) is 5.00 Å². The minimum absolute atomic E-state index is 0.351. The Morgan fingerprint density at radius 2 is 2.17 bits per heavy atom. The molecule has 0 saturated carbocycles. The third-order valence-corrected chi connectivity index (χ3v) is 4.99. The number of ether oxygens (including phenoxy) is 1. The van der Waals surface area contributed by atoms with Crippen molar-refractivity contribution in [3.05, 3.63) is 34.0 Å². The van der Waals surface area contributed by atoms with Crippen LogP contribution in [0.15, 0.2) is 12.3 Å². The minimum Gasteiger partial charge on any atom is -0.465 e. The maximum absolute atomic E-state index is 11.9. The second-order valence-electron chi connectivity index (χ2n) is 5.43. The first-order valence-corrected chi connectivity index (χ1v) is 8.88. The molecule has 0 atom stereocenters. The van der Waals surface area contributed by atoms with Gasteiger partial charge >= 0.3 is 5.97 Å². The second-order valence-corrected chi connectivity index (χ2v) is 7.07. The molecule has 0 aliphatic heterocycles. The molecule has 0 fully saturated rings. The molecule has 0 unspecified atom stereocenters. The van der Waals surface area contributed by atoms with Gasteiger partial charge < -0.3 is 15.4 Å². The number of thiophene rings is 1. The van der Waals surface area contributed by atoms with Gasteiger partial charge in [0.05, 0.1) is 18.4 Å². The summed E-state index contributed by atoms with van der Waals surface area (Å²) in [7, 11) is 1.38. The van der Waals surface area contributed by atoms with Gasteiger partial charge in [-0.15, -0.1) is 11.3 Å². The Bertz CT molecular complexity index is 737. The van der Waals surface area contributed by atoms with E-state index in [0.717, 1.165) is 40.6 Å². The molecule has 0 aliphatic carbocycles. The zero-order valence-corrected chi connectivity index (χ0v) is 15.9. The van der Waals surface area contributed by atoms with E-state index in [1.165, 1.54) is 18.4 Å². The average molecular weight is 367 g/mol. The van der Waals surface area contributed by atoms with Gasteiger partial charge in [0, 0.05) is 24.2 Å². The van der Waals surface area contributed by atoms with Crippen LogP contribution in [0, 0.1) is 20.8 Å². The third-order valence-electron chi connectivity index (χ3n) is 3.63. The molecule has 0 aromatic carbocycles. The summed E-state index contributed by atoms with van der Waals surface area (Å²) >= 11 is 6.81. The van der Waals surface area contributed by atoms with E-state index in [0.29, 0.717) is 10.7 Å². The van der Waals surface area contributed by atoms with Crippen molar-refractivity contribution in [1.82, 2.24) is 15.1 Å². The fourth-order valence-corrected chi connectivity index (χ4v) is 3.56. The van der Waals surface area contributed by atoms with Gasteiger partial charge in [0.1, 0.15) is 5.00 Å². The fourth-order valence-electron chi connectivity index (χ4n) is 2.24. The standard InChI is InChI=1S/C16H22N4O2S2/c1-10-6-9-20(19-10)8-5-7-17-16(23)18-14-13(15(21)22-4)11(2)12(3)24-14/h6,9H,5,7-8H2,1-4H3,(H2,17,18,23). The van der Waals surface area contributed by atoms with Crippen LogP contribution in [-0.2, 0) is 11.3 Å². The molecule has 2 N–H and O–H groups in total. The third kappa shape index (κ3) is 4.55. The van der Waals surface area contributed by atoms with Crippen LogP contribution in [0.1, 0.15) is 32.9 Å². The Labute approximate surface area is 151 Å². The van der Waals surface area contributed by atoms with Crippen molar-refractivity contribution in [2.75, 3.05) is 19.0 Å². The van der Waals surface area contributed by atoms with Crippen molar-refractivity contribution < 1.29 is 9.53 Å². The van der Waals surface area contributed by atoms with Gasteiger partial charge in [0.25, 0.3) is 0 Å². The first-order chi connectivity index (χ1) is 11.4. The monoisotopic (exact) mass is 366 g/mol. The van der Waals surface area contributed by atoms with Crippen molar-refractivity contribution >= 4 is 39.6 Å². The molecule has 24 heavy (non-hydrogen) atoms. The molecule has 0 saturated heterocycles. The molecule has 0 spiro atoms. The summed E-state index contributed by atoms with van der Waals surface area (Å²) in [5.41, 5.74) is 2.49. The zero-order chi connectivity index (χ0) is 17.7. The van der Waals surface area contributed by atoms with E-state index in [1.807, 2.05) is 37.7 Å². The second kappa shape index (κ2) is 8.25. The number of methoxy groups -OCH3 is 1. The Morgan fingerprint density at radius 1 is 1.42 bits per heavy atom. The molecule has 2 heterocycles. The largest absolute Gasteiger partial charge is 0.465 e. The predicted molar refractivity (Wildman–Crippen MR) is 101 cm³/mol. The summed E-state index contributed by atoms with van der Waals surface area (Å²) < 4.78 is 6.77. The Hall–Kier alpha value is -1.93. The zero-order valence-electron chi connectivity index (χ0n) is 14.3. The van der Waals surface area contributed by atoms with E-state index in [4.69, 9.17) is 17.0 Å². The number of thiocarbonyl (C=S) groups is 1. The number of carbonyl (C=O) groups is 1.